The van der Waals surface area contributed by atoms with Gasteiger partial charge in [0.05, 0.1) is 40.3 Å². The first kappa shape index (κ1) is 52.0. The molecule has 8 nitrogen and oxygen atoms in total. The third kappa shape index (κ3) is 35.7. The fraction of sp³-hybridized carbons (Fsp3) is 0.562. The Labute approximate surface area is 340 Å². The molecule has 8 heteroatoms. The van der Waals surface area contributed by atoms with Crippen molar-refractivity contribution in [3.63, 3.8) is 0 Å². The maximum absolute atomic E-state index is 12.7. The van der Waals surface area contributed by atoms with Gasteiger partial charge in [0, 0.05) is 19.3 Å². The molecule has 0 radical (unpaired) electrons. The lowest BCUT2D eigenvalue weighted by Gasteiger charge is -2.34. The van der Waals surface area contributed by atoms with Gasteiger partial charge in [0.2, 0.25) is 0 Å². The SMILES string of the molecule is CC/C=C/C=C/C=C/C=C/CCCCCCCC(=O)OC(COCCC(C(=O)[O-])[N+](C)(C)C)COC(=O)CCC/C=C/C/C=C/C/C=C/C/C=C/C/C=C/CC. The Bertz CT molecular complexity index is 1280. The molecule has 0 aromatic carbocycles. The Balaban J connectivity index is 4.54. The highest BCUT2D eigenvalue weighted by molar-refractivity contribution is 5.70. The molecule has 2 atom stereocenters. The minimum atomic E-state index is -1.14. The van der Waals surface area contributed by atoms with Crippen LogP contribution in [-0.2, 0) is 28.6 Å². The van der Waals surface area contributed by atoms with E-state index in [9.17, 15) is 19.5 Å². The molecule has 0 heterocycles. The van der Waals surface area contributed by atoms with Crippen molar-refractivity contribution in [2.24, 2.45) is 0 Å². The molecule has 0 saturated carbocycles. The summed E-state index contributed by atoms with van der Waals surface area (Å²) in [6, 6.07) is -0.745. The summed E-state index contributed by atoms with van der Waals surface area (Å²) in [5.41, 5.74) is 0. The molecule has 0 aromatic rings. The van der Waals surface area contributed by atoms with E-state index in [1.165, 1.54) is 0 Å². The average Bonchev–Trinajstić information content (AvgIpc) is 3.15. The summed E-state index contributed by atoms with van der Waals surface area (Å²) < 4.78 is 17.0. The van der Waals surface area contributed by atoms with Crippen LogP contribution in [0.25, 0.3) is 0 Å². The van der Waals surface area contributed by atoms with E-state index in [1.54, 1.807) is 21.1 Å². The molecule has 0 aliphatic rings. The molecule has 314 valence electrons. The molecule has 0 N–H and O–H groups in total. The van der Waals surface area contributed by atoms with E-state index in [4.69, 9.17) is 14.2 Å². The van der Waals surface area contributed by atoms with Crippen LogP contribution in [-0.4, -0.2) is 75.5 Å². The predicted octanol–water partition coefficient (Wildman–Crippen LogP) is 9.96. The highest BCUT2D eigenvalue weighted by atomic mass is 16.6. The summed E-state index contributed by atoms with van der Waals surface area (Å²) in [5.74, 6) is -1.86. The zero-order valence-corrected chi connectivity index (χ0v) is 35.5. The van der Waals surface area contributed by atoms with Crippen LogP contribution in [0.5, 0.6) is 0 Å². The van der Waals surface area contributed by atoms with E-state index in [1.807, 2.05) is 30.4 Å². The highest BCUT2D eigenvalue weighted by Crippen LogP contribution is 2.11. The van der Waals surface area contributed by atoms with Crippen molar-refractivity contribution in [2.45, 2.75) is 135 Å². The number of hydrogen-bond donors (Lipinski definition) is 0. The molecule has 0 spiro atoms. The van der Waals surface area contributed by atoms with Gasteiger partial charge < -0.3 is 28.6 Å². The lowest BCUT2D eigenvalue weighted by Crippen LogP contribution is -2.55. The number of allylic oxidation sites excluding steroid dienone is 18. The van der Waals surface area contributed by atoms with Gasteiger partial charge in [-0.25, -0.2) is 0 Å². The Morgan fingerprint density at radius 2 is 1.05 bits per heavy atom. The fourth-order valence-electron chi connectivity index (χ4n) is 5.29. The normalized spacial score (nSPS) is 14.1. The van der Waals surface area contributed by atoms with Crippen LogP contribution in [0.1, 0.15) is 123 Å². The van der Waals surface area contributed by atoms with E-state index in [0.29, 0.717) is 6.42 Å². The molecule has 56 heavy (non-hydrogen) atoms. The highest BCUT2D eigenvalue weighted by Gasteiger charge is 2.25. The second-order valence-electron chi connectivity index (χ2n) is 14.6. The van der Waals surface area contributed by atoms with Crippen LogP contribution < -0.4 is 5.11 Å². The summed E-state index contributed by atoms with van der Waals surface area (Å²) in [6.45, 7) is 4.29. The molecule has 0 fully saturated rings. The molecule has 2 unspecified atom stereocenters. The lowest BCUT2D eigenvalue weighted by molar-refractivity contribution is -0.889. The number of esters is 2. The van der Waals surface area contributed by atoms with Gasteiger partial charge in [-0.3, -0.25) is 9.59 Å². The topological polar surface area (TPSA) is 102 Å². The summed E-state index contributed by atoms with van der Waals surface area (Å²) in [7, 11) is 5.36. The van der Waals surface area contributed by atoms with Gasteiger partial charge in [-0.05, 0) is 70.6 Å². The van der Waals surface area contributed by atoms with Crippen molar-refractivity contribution in [3.8, 4) is 0 Å². The van der Waals surface area contributed by atoms with Crippen molar-refractivity contribution in [1.82, 2.24) is 0 Å². The standard InChI is InChI=1S/C48H75NO7/c1-6-8-10-12-14-16-18-20-22-23-25-26-28-30-32-34-36-38-46(50)55-43-44(42-54-41-40-45(48(52)53)49(3,4)5)56-47(51)39-37-35-33-31-29-27-24-21-19-17-15-13-11-9-7-2/h8-11,13-17,19-22,24-26,30,32,44-45H,6-7,12,18,23,27-29,31,33-43H2,1-5H3/b10-8+,11-9+,15-13+,16-14+,19-17+,22-20+,24-21+,26-25+,32-30+. The number of carboxylic acid groups (broad SMARTS) is 1. The first-order valence-electron chi connectivity index (χ1n) is 21.0. The molecule has 0 aliphatic heterocycles. The zero-order valence-electron chi connectivity index (χ0n) is 35.5. The lowest BCUT2D eigenvalue weighted by atomic mass is 10.1. The molecule has 0 amide bonds. The van der Waals surface area contributed by atoms with Crippen LogP contribution >= 0.6 is 0 Å². The van der Waals surface area contributed by atoms with Gasteiger partial charge in [-0.1, -0.05) is 142 Å². The van der Waals surface area contributed by atoms with Gasteiger partial charge >= 0.3 is 11.9 Å². The summed E-state index contributed by atoms with van der Waals surface area (Å²) in [4.78, 5) is 36.8. The molecular weight excluding hydrogens is 703 g/mol. The van der Waals surface area contributed by atoms with E-state index >= 15 is 0 Å². The summed E-state index contributed by atoms with van der Waals surface area (Å²) >= 11 is 0. The predicted molar refractivity (Wildman–Crippen MR) is 231 cm³/mol. The van der Waals surface area contributed by atoms with Crippen LogP contribution in [0.15, 0.2) is 109 Å². The smallest absolute Gasteiger partial charge is 0.306 e. The van der Waals surface area contributed by atoms with Crippen molar-refractivity contribution in [1.29, 1.82) is 0 Å². The number of carbonyl (C=O) groups excluding carboxylic acids is 3. The number of quaternary nitrogens is 1. The molecule has 0 aliphatic carbocycles. The number of ether oxygens (including phenoxy) is 3. The summed E-state index contributed by atoms with van der Waals surface area (Å²) in [6.07, 6.45) is 51.2. The van der Waals surface area contributed by atoms with E-state index in [2.05, 4.69) is 92.8 Å². The molecular formula is C48H75NO7. The second kappa shape index (κ2) is 37.9. The molecule has 0 rings (SSSR count). The number of nitrogens with zero attached hydrogens (tertiary/aromatic N) is 1. The van der Waals surface area contributed by atoms with Crippen molar-refractivity contribution in [3.05, 3.63) is 109 Å². The third-order valence-corrected chi connectivity index (χ3v) is 8.50. The fourth-order valence-corrected chi connectivity index (χ4v) is 5.29. The minimum absolute atomic E-state index is 0.00483. The van der Waals surface area contributed by atoms with Crippen LogP contribution in [0, 0.1) is 0 Å². The molecule has 0 saturated heterocycles. The first-order valence-corrected chi connectivity index (χ1v) is 21.0. The van der Waals surface area contributed by atoms with Gasteiger partial charge in [-0.15, -0.1) is 0 Å². The van der Waals surface area contributed by atoms with Gasteiger partial charge in [0.25, 0.3) is 0 Å². The average molecular weight is 778 g/mol. The number of carboxylic acids is 1. The number of likely N-dealkylation sites (N-methyl/N-ethyl adjacent to an activating group) is 1. The third-order valence-electron chi connectivity index (χ3n) is 8.50. The van der Waals surface area contributed by atoms with E-state index in [0.717, 1.165) is 83.5 Å². The Hall–Kier alpha value is -4.01. The maximum atomic E-state index is 12.7. The van der Waals surface area contributed by atoms with Crippen LogP contribution in [0.3, 0.4) is 0 Å². The number of carbonyl (C=O) groups is 3. The number of hydrogen-bond acceptors (Lipinski definition) is 7. The Morgan fingerprint density at radius 1 is 0.554 bits per heavy atom. The van der Waals surface area contributed by atoms with E-state index < -0.39 is 18.1 Å². The largest absolute Gasteiger partial charge is 0.544 e. The number of rotatable bonds is 35. The number of unbranched alkanes of at least 4 members (excludes halogenated alkanes) is 6. The number of aliphatic carboxylic acids is 1. The quantitative estimate of drug-likeness (QED) is 0.0208. The molecule has 0 aromatic heterocycles. The van der Waals surface area contributed by atoms with Crippen molar-refractivity contribution >= 4 is 17.9 Å². The molecule has 0 bridgehead atoms. The van der Waals surface area contributed by atoms with Gasteiger partial charge in [0.15, 0.2) is 6.10 Å². The van der Waals surface area contributed by atoms with Crippen LogP contribution in [0.4, 0.5) is 0 Å². The van der Waals surface area contributed by atoms with Crippen molar-refractivity contribution < 1.29 is 38.2 Å². The van der Waals surface area contributed by atoms with Gasteiger partial charge in [-0.2, -0.15) is 0 Å². The first-order chi connectivity index (χ1) is 27.1. The Morgan fingerprint density at radius 3 is 1.64 bits per heavy atom. The van der Waals surface area contributed by atoms with Crippen molar-refractivity contribution in [2.75, 3.05) is 41.0 Å². The monoisotopic (exact) mass is 778 g/mol. The Kier molecular flexibility index (Phi) is 35.2. The van der Waals surface area contributed by atoms with E-state index in [-0.39, 0.29) is 55.5 Å². The zero-order chi connectivity index (χ0) is 41.4. The summed E-state index contributed by atoms with van der Waals surface area (Å²) in [5, 5.41) is 11.6. The second-order valence-corrected chi connectivity index (χ2v) is 14.6. The van der Waals surface area contributed by atoms with Crippen LogP contribution in [0.2, 0.25) is 0 Å². The maximum Gasteiger partial charge on any atom is 0.306 e. The minimum Gasteiger partial charge on any atom is -0.544 e. The van der Waals surface area contributed by atoms with Gasteiger partial charge in [0.1, 0.15) is 12.6 Å².